The van der Waals surface area contributed by atoms with E-state index in [2.05, 4.69) is 0 Å². The van der Waals surface area contributed by atoms with Crippen molar-refractivity contribution >= 4 is 11.9 Å². The van der Waals surface area contributed by atoms with E-state index in [0.29, 0.717) is 17.9 Å². The normalized spacial score (nSPS) is 14.4. The molecule has 1 saturated carbocycles. The van der Waals surface area contributed by atoms with Gasteiger partial charge in [-0.2, -0.15) is 0 Å². The molecule has 28 heavy (non-hydrogen) atoms. The van der Waals surface area contributed by atoms with E-state index in [4.69, 9.17) is 18.9 Å². The van der Waals surface area contributed by atoms with Gasteiger partial charge in [0.1, 0.15) is 17.6 Å². The topological polar surface area (TPSA) is 71.1 Å². The van der Waals surface area contributed by atoms with Gasteiger partial charge in [-0.15, -0.1) is 0 Å². The SMILES string of the molecule is CCCOc1cc(CC(=O)OC)c(OCC(=O)OC2CCCCC2)cc1CC. The van der Waals surface area contributed by atoms with Crippen LogP contribution < -0.4 is 9.47 Å². The maximum absolute atomic E-state index is 12.2. The van der Waals surface area contributed by atoms with Crippen molar-refractivity contribution in [3.8, 4) is 11.5 Å². The summed E-state index contributed by atoms with van der Waals surface area (Å²) in [7, 11) is 1.35. The Morgan fingerprint density at radius 1 is 0.964 bits per heavy atom. The number of carbonyl (C=O) groups excluding carboxylic acids is 2. The molecule has 0 unspecified atom stereocenters. The summed E-state index contributed by atoms with van der Waals surface area (Å²) >= 11 is 0. The summed E-state index contributed by atoms with van der Waals surface area (Å²) in [5.41, 5.74) is 1.61. The molecule has 0 N–H and O–H groups in total. The van der Waals surface area contributed by atoms with Crippen molar-refractivity contribution in [3.05, 3.63) is 23.3 Å². The maximum atomic E-state index is 12.2. The van der Waals surface area contributed by atoms with Crippen molar-refractivity contribution in [2.75, 3.05) is 20.3 Å². The quantitative estimate of drug-likeness (QED) is 0.560. The lowest BCUT2D eigenvalue weighted by molar-refractivity contribution is -0.152. The molecule has 1 aromatic rings. The smallest absolute Gasteiger partial charge is 0.344 e. The molecule has 1 aliphatic carbocycles. The first-order chi connectivity index (χ1) is 13.6. The second kappa shape index (κ2) is 11.6. The standard InChI is InChI=1S/C22H32O6/c1-4-11-26-19-13-17(14-21(23)25-3)20(12-16(19)5-2)27-15-22(24)28-18-9-7-6-8-10-18/h12-13,18H,4-11,14-15H2,1-3H3. The molecule has 0 amide bonds. The van der Waals surface area contributed by atoms with E-state index < -0.39 is 0 Å². The Hall–Kier alpha value is -2.24. The Morgan fingerprint density at radius 3 is 2.29 bits per heavy atom. The van der Waals surface area contributed by atoms with Crippen LogP contribution in [0.1, 0.15) is 63.5 Å². The van der Waals surface area contributed by atoms with Gasteiger partial charge < -0.3 is 18.9 Å². The average Bonchev–Trinajstić information content (AvgIpc) is 2.71. The number of rotatable bonds is 10. The van der Waals surface area contributed by atoms with Gasteiger partial charge in [0.05, 0.1) is 20.1 Å². The first-order valence-electron chi connectivity index (χ1n) is 10.2. The molecule has 0 heterocycles. The van der Waals surface area contributed by atoms with Crippen LogP contribution in [0, 0.1) is 0 Å². The minimum atomic E-state index is -0.375. The van der Waals surface area contributed by atoms with Crippen molar-refractivity contribution in [1.82, 2.24) is 0 Å². The van der Waals surface area contributed by atoms with Gasteiger partial charge >= 0.3 is 11.9 Å². The van der Waals surface area contributed by atoms with Gasteiger partial charge in [-0.05, 0) is 56.2 Å². The first-order valence-corrected chi connectivity index (χ1v) is 10.2. The van der Waals surface area contributed by atoms with Gasteiger partial charge in [0.2, 0.25) is 0 Å². The van der Waals surface area contributed by atoms with E-state index in [1.54, 1.807) is 0 Å². The fourth-order valence-corrected chi connectivity index (χ4v) is 3.31. The van der Waals surface area contributed by atoms with E-state index in [0.717, 1.165) is 49.8 Å². The second-order valence-electron chi connectivity index (χ2n) is 7.06. The molecule has 1 aromatic carbocycles. The Morgan fingerprint density at radius 2 is 1.64 bits per heavy atom. The lowest BCUT2D eigenvalue weighted by Crippen LogP contribution is -2.24. The highest BCUT2D eigenvalue weighted by atomic mass is 16.6. The average molecular weight is 392 g/mol. The highest BCUT2D eigenvalue weighted by Gasteiger charge is 2.20. The zero-order valence-electron chi connectivity index (χ0n) is 17.3. The summed E-state index contributed by atoms with van der Waals surface area (Å²) in [5, 5.41) is 0. The summed E-state index contributed by atoms with van der Waals surface area (Å²) in [5.74, 6) is 0.479. The molecule has 0 aromatic heterocycles. The Bertz CT molecular complexity index is 649. The summed E-state index contributed by atoms with van der Waals surface area (Å²) in [6.07, 6.45) is 6.93. The fourth-order valence-electron chi connectivity index (χ4n) is 3.31. The van der Waals surface area contributed by atoms with Gasteiger partial charge in [-0.1, -0.05) is 20.3 Å². The second-order valence-corrected chi connectivity index (χ2v) is 7.06. The van der Waals surface area contributed by atoms with Crippen LogP contribution in [0.4, 0.5) is 0 Å². The van der Waals surface area contributed by atoms with Crippen LogP contribution in [0.2, 0.25) is 0 Å². The summed E-state index contributed by atoms with van der Waals surface area (Å²) in [4.78, 5) is 24.0. The highest BCUT2D eigenvalue weighted by molar-refractivity contribution is 5.74. The number of esters is 2. The molecular formula is C22H32O6. The minimum Gasteiger partial charge on any atom is -0.493 e. The fraction of sp³-hybridized carbons (Fsp3) is 0.636. The van der Waals surface area contributed by atoms with E-state index in [-0.39, 0.29) is 31.1 Å². The van der Waals surface area contributed by atoms with E-state index in [1.807, 2.05) is 26.0 Å². The highest BCUT2D eigenvalue weighted by Crippen LogP contribution is 2.31. The third-order valence-corrected chi connectivity index (χ3v) is 4.84. The zero-order chi connectivity index (χ0) is 20.4. The third-order valence-electron chi connectivity index (χ3n) is 4.84. The molecule has 1 fully saturated rings. The molecule has 0 aliphatic heterocycles. The number of ether oxygens (including phenoxy) is 4. The summed E-state index contributed by atoms with van der Waals surface area (Å²) in [6, 6.07) is 3.66. The van der Waals surface area contributed by atoms with Crippen LogP contribution in [-0.4, -0.2) is 38.4 Å². The van der Waals surface area contributed by atoms with Crippen LogP contribution in [-0.2, 0) is 31.9 Å². The Labute approximate surface area is 167 Å². The van der Waals surface area contributed by atoms with Crippen LogP contribution in [0.15, 0.2) is 12.1 Å². The number of hydrogen-bond acceptors (Lipinski definition) is 6. The largest absolute Gasteiger partial charge is 0.493 e. The molecular weight excluding hydrogens is 360 g/mol. The molecule has 1 aliphatic rings. The minimum absolute atomic E-state index is 0.00425. The van der Waals surface area contributed by atoms with Gasteiger partial charge in [0.25, 0.3) is 0 Å². The van der Waals surface area contributed by atoms with Gasteiger partial charge in [-0.25, -0.2) is 4.79 Å². The number of methoxy groups -OCH3 is 1. The maximum Gasteiger partial charge on any atom is 0.344 e. The lowest BCUT2D eigenvalue weighted by Gasteiger charge is -2.22. The molecule has 0 saturated heterocycles. The van der Waals surface area contributed by atoms with Crippen LogP contribution in [0.5, 0.6) is 11.5 Å². The molecule has 6 nitrogen and oxygen atoms in total. The molecule has 2 rings (SSSR count). The van der Waals surface area contributed by atoms with Crippen LogP contribution in [0.25, 0.3) is 0 Å². The van der Waals surface area contributed by atoms with Crippen molar-refractivity contribution in [1.29, 1.82) is 0 Å². The monoisotopic (exact) mass is 392 g/mol. The van der Waals surface area contributed by atoms with Crippen molar-refractivity contribution in [2.24, 2.45) is 0 Å². The molecule has 6 heteroatoms. The van der Waals surface area contributed by atoms with Gasteiger partial charge in [0, 0.05) is 5.56 Å². The van der Waals surface area contributed by atoms with E-state index in [1.165, 1.54) is 13.5 Å². The van der Waals surface area contributed by atoms with E-state index in [9.17, 15) is 9.59 Å². The predicted molar refractivity (Wildman–Crippen MR) is 106 cm³/mol. The molecule has 156 valence electrons. The summed E-state index contributed by atoms with van der Waals surface area (Å²) < 4.78 is 21.9. The Balaban J connectivity index is 2.10. The number of hydrogen-bond donors (Lipinski definition) is 0. The Kier molecular flexibility index (Phi) is 9.11. The molecule has 0 spiro atoms. The van der Waals surface area contributed by atoms with E-state index >= 15 is 0 Å². The van der Waals surface area contributed by atoms with Crippen molar-refractivity contribution < 1.29 is 28.5 Å². The third kappa shape index (κ3) is 6.73. The van der Waals surface area contributed by atoms with Gasteiger partial charge in [0.15, 0.2) is 6.61 Å². The predicted octanol–water partition coefficient (Wildman–Crippen LogP) is 4.01. The molecule has 0 radical (unpaired) electrons. The van der Waals surface area contributed by atoms with Crippen LogP contribution >= 0.6 is 0 Å². The van der Waals surface area contributed by atoms with Crippen molar-refractivity contribution in [3.63, 3.8) is 0 Å². The van der Waals surface area contributed by atoms with Crippen molar-refractivity contribution in [2.45, 2.75) is 71.3 Å². The zero-order valence-corrected chi connectivity index (χ0v) is 17.3. The number of carbonyl (C=O) groups is 2. The number of benzene rings is 1. The molecule has 0 bridgehead atoms. The van der Waals surface area contributed by atoms with Gasteiger partial charge in [-0.3, -0.25) is 4.79 Å². The lowest BCUT2D eigenvalue weighted by atomic mass is 9.98. The van der Waals surface area contributed by atoms with Crippen LogP contribution in [0.3, 0.4) is 0 Å². The first kappa shape index (κ1) is 22.1. The number of aryl methyl sites for hydroxylation is 1. The molecule has 0 atom stereocenters. The summed E-state index contributed by atoms with van der Waals surface area (Å²) in [6.45, 7) is 4.48.